The Morgan fingerprint density at radius 3 is 2.93 bits per heavy atom. The molecule has 3 heteroatoms. The summed E-state index contributed by atoms with van der Waals surface area (Å²) in [5.74, 6) is 0. The fourth-order valence-corrected chi connectivity index (χ4v) is 2.64. The number of aliphatic hydroxyl groups excluding tert-OH is 2. The maximum Gasteiger partial charge on any atom is 0.130 e. The fourth-order valence-electron chi connectivity index (χ4n) is 2.64. The first kappa shape index (κ1) is 9.87. The van der Waals surface area contributed by atoms with Crippen LogP contribution in [0.3, 0.4) is 0 Å². The van der Waals surface area contributed by atoms with Crippen molar-refractivity contribution in [1.82, 2.24) is 0 Å². The summed E-state index contributed by atoms with van der Waals surface area (Å²) in [6.45, 7) is 0. The lowest BCUT2D eigenvalue weighted by Gasteiger charge is -2.41. The molecule has 2 N–H and O–H groups in total. The van der Waals surface area contributed by atoms with E-state index in [4.69, 9.17) is 0 Å². The van der Waals surface area contributed by atoms with Crippen LogP contribution in [0.1, 0.15) is 32.1 Å². The van der Waals surface area contributed by atoms with Crippen LogP contribution in [0.15, 0.2) is 11.6 Å². The molecule has 0 aromatic rings. The van der Waals surface area contributed by atoms with E-state index in [1.807, 2.05) is 0 Å². The molecule has 0 saturated heterocycles. The quantitative estimate of drug-likeness (QED) is 0.481. The Balaban J connectivity index is 2.33. The molecule has 78 valence electrons. The Bertz CT molecular complexity index is 272. The van der Waals surface area contributed by atoms with Crippen LogP contribution >= 0.6 is 0 Å². The number of carbonyl (C=O) groups is 1. The predicted octanol–water partition coefficient (Wildman–Crippen LogP) is 0.798. The lowest BCUT2D eigenvalue weighted by molar-refractivity contribution is -0.118. The number of aldehydes is 1. The molecule has 1 saturated carbocycles. The van der Waals surface area contributed by atoms with Gasteiger partial charge in [-0.25, -0.2) is 0 Å². The van der Waals surface area contributed by atoms with E-state index in [9.17, 15) is 15.0 Å². The van der Waals surface area contributed by atoms with E-state index in [0.717, 1.165) is 37.5 Å². The van der Waals surface area contributed by atoms with Crippen molar-refractivity contribution < 1.29 is 15.0 Å². The van der Waals surface area contributed by atoms with Crippen LogP contribution in [0.25, 0.3) is 0 Å². The highest BCUT2D eigenvalue weighted by molar-refractivity contribution is 5.66. The maximum absolute atomic E-state index is 11.1. The van der Waals surface area contributed by atoms with Gasteiger partial charge in [0.2, 0.25) is 0 Å². The van der Waals surface area contributed by atoms with E-state index in [1.54, 1.807) is 6.08 Å². The van der Waals surface area contributed by atoms with Gasteiger partial charge in [-0.05, 0) is 25.7 Å². The molecule has 3 unspecified atom stereocenters. The van der Waals surface area contributed by atoms with E-state index in [2.05, 4.69) is 0 Å². The molecule has 0 amide bonds. The van der Waals surface area contributed by atoms with Crippen molar-refractivity contribution in [2.75, 3.05) is 0 Å². The van der Waals surface area contributed by atoms with E-state index in [-0.39, 0.29) is 0 Å². The van der Waals surface area contributed by atoms with Gasteiger partial charge in [-0.3, -0.25) is 0 Å². The van der Waals surface area contributed by atoms with Gasteiger partial charge in [0.25, 0.3) is 0 Å². The van der Waals surface area contributed by atoms with Crippen molar-refractivity contribution in [2.24, 2.45) is 5.41 Å². The zero-order valence-corrected chi connectivity index (χ0v) is 8.15. The normalized spacial score (nSPS) is 42.6. The van der Waals surface area contributed by atoms with Crippen molar-refractivity contribution in [3.05, 3.63) is 11.6 Å². The minimum atomic E-state index is -0.781. The summed E-state index contributed by atoms with van der Waals surface area (Å²) < 4.78 is 0. The number of hydrogen-bond acceptors (Lipinski definition) is 3. The molecular formula is C11H16O3. The lowest BCUT2D eigenvalue weighted by Crippen LogP contribution is -2.41. The molecule has 2 aliphatic rings. The summed E-state index contributed by atoms with van der Waals surface area (Å²) in [4.78, 5) is 11.1. The first-order valence-electron chi connectivity index (χ1n) is 5.22. The van der Waals surface area contributed by atoms with Crippen molar-refractivity contribution in [3.8, 4) is 0 Å². The number of aliphatic hydroxyl groups is 2. The third-order valence-electron chi connectivity index (χ3n) is 3.52. The Morgan fingerprint density at radius 2 is 2.21 bits per heavy atom. The second-order valence-electron chi connectivity index (χ2n) is 4.44. The van der Waals surface area contributed by atoms with Crippen LogP contribution in [-0.4, -0.2) is 28.7 Å². The number of carbonyl (C=O) groups excluding carboxylic acids is 1. The van der Waals surface area contributed by atoms with Crippen molar-refractivity contribution in [3.63, 3.8) is 0 Å². The monoisotopic (exact) mass is 196 g/mol. The van der Waals surface area contributed by atoms with Crippen LogP contribution in [0.2, 0.25) is 0 Å². The third-order valence-corrected chi connectivity index (χ3v) is 3.52. The zero-order valence-electron chi connectivity index (χ0n) is 8.15. The van der Waals surface area contributed by atoms with Crippen LogP contribution < -0.4 is 0 Å². The van der Waals surface area contributed by atoms with Gasteiger partial charge in [0.1, 0.15) is 6.29 Å². The Hall–Kier alpha value is -0.670. The number of rotatable bonds is 1. The van der Waals surface area contributed by atoms with E-state index in [1.165, 1.54) is 0 Å². The first-order chi connectivity index (χ1) is 6.68. The molecule has 0 radical (unpaired) electrons. The molecule has 0 aliphatic heterocycles. The third kappa shape index (κ3) is 1.41. The van der Waals surface area contributed by atoms with Gasteiger partial charge in [0, 0.05) is 5.41 Å². The highest BCUT2D eigenvalue weighted by atomic mass is 16.3. The summed E-state index contributed by atoms with van der Waals surface area (Å²) in [6.07, 6.45) is 5.33. The molecule has 0 bridgehead atoms. The van der Waals surface area contributed by atoms with Gasteiger partial charge in [0.05, 0.1) is 12.2 Å². The second-order valence-corrected chi connectivity index (χ2v) is 4.44. The van der Waals surface area contributed by atoms with Crippen molar-refractivity contribution >= 4 is 6.29 Å². The van der Waals surface area contributed by atoms with Crippen LogP contribution in [0.4, 0.5) is 0 Å². The summed E-state index contributed by atoms with van der Waals surface area (Å²) in [7, 11) is 0. The Morgan fingerprint density at radius 1 is 1.43 bits per heavy atom. The SMILES string of the molecule is O=CC12CCCCC1=CC(O)C(O)C2. The van der Waals surface area contributed by atoms with Crippen LogP contribution in [0.5, 0.6) is 0 Å². The molecule has 2 rings (SSSR count). The lowest BCUT2D eigenvalue weighted by atomic mass is 9.64. The average Bonchev–Trinajstić information content (AvgIpc) is 2.20. The van der Waals surface area contributed by atoms with Gasteiger partial charge in [-0.1, -0.05) is 18.1 Å². The van der Waals surface area contributed by atoms with Gasteiger partial charge < -0.3 is 15.0 Å². The van der Waals surface area contributed by atoms with Crippen molar-refractivity contribution in [1.29, 1.82) is 0 Å². The first-order valence-corrected chi connectivity index (χ1v) is 5.22. The Kier molecular flexibility index (Phi) is 2.45. The molecule has 14 heavy (non-hydrogen) atoms. The average molecular weight is 196 g/mol. The Labute approximate surface area is 83.4 Å². The summed E-state index contributed by atoms with van der Waals surface area (Å²) in [5.41, 5.74) is 0.577. The standard InChI is InChI=1S/C11H16O3/c12-7-11-4-2-1-3-8(11)5-9(13)10(14)6-11/h5,7,9-10,13-14H,1-4,6H2. The van der Waals surface area contributed by atoms with E-state index >= 15 is 0 Å². The summed E-state index contributed by atoms with van der Waals surface area (Å²) >= 11 is 0. The van der Waals surface area contributed by atoms with Gasteiger partial charge in [-0.15, -0.1) is 0 Å². The van der Waals surface area contributed by atoms with Crippen LogP contribution in [-0.2, 0) is 4.79 Å². The highest BCUT2D eigenvalue weighted by Crippen LogP contribution is 2.45. The minimum Gasteiger partial charge on any atom is -0.390 e. The molecule has 0 spiro atoms. The smallest absolute Gasteiger partial charge is 0.130 e. The molecule has 2 aliphatic carbocycles. The number of hydrogen-bond donors (Lipinski definition) is 2. The second kappa shape index (κ2) is 3.48. The molecule has 3 nitrogen and oxygen atoms in total. The van der Waals surface area contributed by atoms with Crippen molar-refractivity contribution in [2.45, 2.75) is 44.3 Å². The number of allylic oxidation sites excluding steroid dienone is 1. The topological polar surface area (TPSA) is 57.5 Å². The number of fused-ring (bicyclic) bond motifs is 1. The minimum absolute atomic E-state index is 0.392. The van der Waals surface area contributed by atoms with Gasteiger partial charge in [0.15, 0.2) is 0 Å². The molecule has 3 atom stereocenters. The molecule has 1 fully saturated rings. The van der Waals surface area contributed by atoms with Crippen LogP contribution in [0, 0.1) is 5.41 Å². The fraction of sp³-hybridized carbons (Fsp3) is 0.727. The van der Waals surface area contributed by atoms with Gasteiger partial charge in [-0.2, -0.15) is 0 Å². The zero-order chi connectivity index (χ0) is 10.2. The highest BCUT2D eigenvalue weighted by Gasteiger charge is 2.42. The largest absolute Gasteiger partial charge is 0.390 e. The predicted molar refractivity (Wildman–Crippen MR) is 51.7 cm³/mol. The molecule has 0 aromatic heterocycles. The van der Waals surface area contributed by atoms with Gasteiger partial charge >= 0.3 is 0 Å². The molecule has 0 aromatic carbocycles. The summed E-state index contributed by atoms with van der Waals surface area (Å²) in [5, 5.41) is 19.0. The molecular weight excluding hydrogens is 180 g/mol. The summed E-state index contributed by atoms with van der Waals surface area (Å²) in [6, 6.07) is 0. The molecule has 0 heterocycles. The maximum atomic E-state index is 11.1. The van der Waals surface area contributed by atoms with E-state index in [0.29, 0.717) is 6.42 Å². The van der Waals surface area contributed by atoms with E-state index < -0.39 is 17.6 Å².